The predicted molar refractivity (Wildman–Crippen MR) is 80.3 cm³/mol. The Kier molecular flexibility index (Phi) is 5.63. The molecule has 0 radical (unpaired) electrons. The molecule has 7 heteroatoms. The highest BCUT2D eigenvalue weighted by Gasteiger charge is 2.30. The summed E-state index contributed by atoms with van der Waals surface area (Å²) in [7, 11) is 0. The fourth-order valence-electron chi connectivity index (χ4n) is 2.93. The molecule has 0 aromatic heterocycles. The first-order valence-corrected chi connectivity index (χ1v) is 8.03. The summed E-state index contributed by atoms with van der Waals surface area (Å²) in [6.07, 6.45) is 3.44. The van der Waals surface area contributed by atoms with Gasteiger partial charge in [0.25, 0.3) is 0 Å². The number of hydrogen-bond donors (Lipinski definition) is 2. The van der Waals surface area contributed by atoms with Gasteiger partial charge < -0.3 is 20.2 Å². The molecule has 1 atom stereocenters. The number of carbonyl (C=O) groups excluding carboxylic acids is 2. The molecule has 0 aromatic rings. The van der Waals surface area contributed by atoms with Gasteiger partial charge in [0.2, 0.25) is 5.91 Å². The highest BCUT2D eigenvalue weighted by Crippen LogP contribution is 2.20. The summed E-state index contributed by atoms with van der Waals surface area (Å²) in [6, 6.07) is 0.0934. The molecule has 2 saturated heterocycles. The summed E-state index contributed by atoms with van der Waals surface area (Å²) in [6.45, 7) is 4.60. The molecule has 2 aliphatic heterocycles. The Balaban J connectivity index is 1.73. The second-order valence-electron chi connectivity index (χ2n) is 6.22. The van der Waals surface area contributed by atoms with Crippen molar-refractivity contribution >= 4 is 17.9 Å². The number of nitrogens with zero attached hydrogens (tertiary/aromatic N) is 2. The van der Waals surface area contributed by atoms with Gasteiger partial charge in [0.15, 0.2) is 0 Å². The minimum absolute atomic E-state index is 0.0934. The molecular formula is C15H25N3O4. The van der Waals surface area contributed by atoms with Gasteiger partial charge in [-0.15, -0.1) is 0 Å². The standard InChI is InChI=1S/C15H25N3O4/c1-11(14(20)21)10-16-13(19)12-4-8-18(9-5-12)15(22)17-6-2-3-7-17/h11-12H,2-10H2,1H3,(H,16,19)(H,20,21). The van der Waals surface area contributed by atoms with Crippen LogP contribution in [0, 0.1) is 11.8 Å². The van der Waals surface area contributed by atoms with Crippen molar-refractivity contribution < 1.29 is 19.5 Å². The molecule has 2 rings (SSSR count). The van der Waals surface area contributed by atoms with Crippen LogP contribution in [0.2, 0.25) is 0 Å². The molecule has 124 valence electrons. The first-order valence-electron chi connectivity index (χ1n) is 8.03. The van der Waals surface area contributed by atoms with Crippen LogP contribution < -0.4 is 5.32 Å². The minimum atomic E-state index is -0.911. The number of hydrogen-bond acceptors (Lipinski definition) is 3. The van der Waals surface area contributed by atoms with E-state index in [9.17, 15) is 14.4 Å². The van der Waals surface area contributed by atoms with Crippen LogP contribution in [0.1, 0.15) is 32.6 Å². The molecule has 2 N–H and O–H groups in total. The van der Waals surface area contributed by atoms with Crippen LogP contribution in [0.5, 0.6) is 0 Å². The van der Waals surface area contributed by atoms with Gasteiger partial charge in [-0.25, -0.2) is 4.79 Å². The van der Waals surface area contributed by atoms with E-state index in [-0.39, 0.29) is 24.4 Å². The normalized spacial score (nSPS) is 20.8. The van der Waals surface area contributed by atoms with Crippen molar-refractivity contribution in [3.8, 4) is 0 Å². The van der Waals surface area contributed by atoms with E-state index in [0.29, 0.717) is 25.9 Å². The van der Waals surface area contributed by atoms with E-state index in [1.807, 2.05) is 9.80 Å². The third-order valence-corrected chi connectivity index (χ3v) is 4.52. The Bertz CT molecular complexity index is 427. The summed E-state index contributed by atoms with van der Waals surface area (Å²) < 4.78 is 0. The van der Waals surface area contributed by atoms with E-state index in [2.05, 4.69) is 5.32 Å². The molecule has 0 aliphatic carbocycles. The SMILES string of the molecule is CC(CNC(=O)C1CCN(C(=O)N2CCCC2)CC1)C(=O)O. The lowest BCUT2D eigenvalue weighted by molar-refractivity contribution is -0.141. The van der Waals surface area contributed by atoms with Gasteiger partial charge in [-0.1, -0.05) is 6.92 Å². The first kappa shape index (κ1) is 16.6. The lowest BCUT2D eigenvalue weighted by Gasteiger charge is -2.34. The molecule has 0 spiro atoms. The second kappa shape index (κ2) is 7.47. The molecule has 2 aliphatic rings. The van der Waals surface area contributed by atoms with Crippen LogP contribution >= 0.6 is 0 Å². The van der Waals surface area contributed by atoms with Crippen molar-refractivity contribution in [2.45, 2.75) is 32.6 Å². The molecule has 2 heterocycles. The van der Waals surface area contributed by atoms with E-state index in [0.717, 1.165) is 25.9 Å². The topological polar surface area (TPSA) is 90.0 Å². The molecule has 7 nitrogen and oxygen atoms in total. The number of piperidine rings is 1. The lowest BCUT2D eigenvalue weighted by atomic mass is 9.96. The molecule has 0 saturated carbocycles. The number of carboxylic acids is 1. The maximum Gasteiger partial charge on any atom is 0.319 e. The van der Waals surface area contributed by atoms with Gasteiger partial charge in [0.1, 0.15) is 0 Å². The fourth-order valence-corrected chi connectivity index (χ4v) is 2.93. The molecule has 2 fully saturated rings. The zero-order valence-corrected chi connectivity index (χ0v) is 13.1. The van der Waals surface area contributed by atoms with Gasteiger partial charge in [-0.3, -0.25) is 9.59 Å². The molecule has 1 unspecified atom stereocenters. The van der Waals surface area contributed by atoms with Crippen LogP contribution in [0.4, 0.5) is 4.79 Å². The quantitative estimate of drug-likeness (QED) is 0.802. The average molecular weight is 311 g/mol. The zero-order valence-electron chi connectivity index (χ0n) is 13.1. The van der Waals surface area contributed by atoms with E-state index in [1.165, 1.54) is 0 Å². The highest BCUT2D eigenvalue weighted by molar-refractivity contribution is 5.80. The number of amides is 3. The van der Waals surface area contributed by atoms with Gasteiger partial charge in [0.05, 0.1) is 5.92 Å². The molecule has 22 heavy (non-hydrogen) atoms. The number of carboxylic acid groups (broad SMARTS) is 1. The van der Waals surface area contributed by atoms with E-state index >= 15 is 0 Å². The Morgan fingerprint density at radius 2 is 1.64 bits per heavy atom. The fraction of sp³-hybridized carbons (Fsp3) is 0.800. The van der Waals surface area contributed by atoms with Crippen molar-refractivity contribution in [1.82, 2.24) is 15.1 Å². The number of rotatable bonds is 4. The van der Waals surface area contributed by atoms with Gasteiger partial charge in [-0.2, -0.15) is 0 Å². The summed E-state index contributed by atoms with van der Waals surface area (Å²) in [5.41, 5.74) is 0. The minimum Gasteiger partial charge on any atom is -0.481 e. The maximum atomic E-state index is 12.3. The zero-order chi connectivity index (χ0) is 16.1. The maximum absolute atomic E-state index is 12.3. The first-order chi connectivity index (χ1) is 10.5. The smallest absolute Gasteiger partial charge is 0.319 e. The van der Waals surface area contributed by atoms with E-state index in [4.69, 9.17) is 5.11 Å². The summed E-state index contributed by atoms with van der Waals surface area (Å²) in [5, 5.41) is 11.5. The largest absolute Gasteiger partial charge is 0.481 e. The number of likely N-dealkylation sites (tertiary alicyclic amines) is 2. The van der Waals surface area contributed by atoms with Crippen molar-refractivity contribution in [2.24, 2.45) is 11.8 Å². The average Bonchev–Trinajstić information content (AvgIpc) is 3.06. The Labute approximate surface area is 130 Å². The predicted octanol–water partition coefficient (Wildman–Crippen LogP) is 0.751. The van der Waals surface area contributed by atoms with Crippen LogP contribution in [-0.4, -0.2) is 65.5 Å². The van der Waals surface area contributed by atoms with Crippen molar-refractivity contribution in [3.05, 3.63) is 0 Å². The summed E-state index contributed by atoms with van der Waals surface area (Å²) >= 11 is 0. The summed E-state index contributed by atoms with van der Waals surface area (Å²) in [4.78, 5) is 38.7. The summed E-state index contributed by atoms with van der Waals surface area (Å²) in [5.74, 6) is -1.71. The van der Waals surface area contributed by atoms with E-state index in [1.54, 1.807) is 6.92 Å². The van der Waals surface area contributed by atoms with Gasteiger partial charge >= 0.3 is 12.0 Å². The lowest BCUT2D eigenvalue weighted by Crippen LogP contribution is -2.48. The number of carbonyl (C=O) groups is 3. The third kappa shape index (κ3) is 4.11. The number of urea groups is 1. The number of aliphatic carboxylic acids is 1. The molecule has 0 bridgehead atoms. The van der Waals surface area contributed by atoms with Crippen LogP contribution in [-0.2, 0) is 9.59 Å². The highest BCUT2D eigenvalue weighted by atomic mass is 16.4. The Morgan fingerprint density at radius 1 is 1.09 bits per heavy atom. The molecular weight excluding hydrogens is 286 g/mol. The molecule has 3 amide bonds. The van der Waals surface area contributed by atoms with Gasteiger partial charge in [-0.05, 0) is 25.7 Å². The van der Waals surface area contributed by atoms with Crippen LogP contribution in [0.25, 0.3) is 0 Å². The second-order valence-corrected chi connectivity index (χ2v) is 6.22. The van der Waals surface area contributed by atoms with Crippen LogP contribution in [0.3, 0.4) is 0 Å². The van der Waals surface area contributed by atoms with Gasteiger partial charge in [0, 0.05) is 38.6 Å². The van der Waals surface area contributed by atoms with E-state index < -0.39 is 11.9 Å². The van der Waals surface area contributed by atoms with Crippen LogP contribution in [0.15, 0.2) is 0 Å². The Hall–Kier alpha value is -1.79. The van der Waals surface area contributed by atoms with Crippen molar-refractivity contribution in [1.29, 1.82) is 0 Å². The van der Waals surface area contributed by atoms with Crippen molar-refractivity contribution in [3.63, 3.8) is 0 Å². The monoisotopic (exact) mass is 311 g/mol. The third-order valence-electron chi connectivity index (χ3n) is 4.52. The van der Waals surface area contributed by atoms with Crippen molar-refractivity contribution in [2.75, 3.05) is 32.7 Å². The number of nitrogens with one attached hydrogen (secondary N) is 1. The molecule has 0 aromatic carbocycles. The Morgan fingerprint density at radius 3 is 2.18 bits per heavy atom.